The van der Waals surface area contributed by atoms with Crippen molar-refractivity contribution in [2.75, 3.05) is 4.90 Å². The molecule has 4 nitrogen and oxygen atoms in total. The minimum absolute atomic E-state index is 0.0844. The Kier molecular flexibility index (Phi) is 4.94. The number of benzene rings is 2. The first-order valence-electron chi connectivity index (χ1n) is 7.72. The molecule has 0 radical (unpaired) electrons. The lowest BCUT2D eigenvalue weighted by atomic mass is 10.0. The van der Waals surface area contributed by atoms with Crippen molar-refractivity contribution >= 4 is 28.9 Å². The van der Waals surface area contributed by atoms with Crippen molar-refractivity contribution in [1.82, 2.24) is 5.32 Å². The van der Waals surface area contributed by atoms with Crippen LogP contribution >= 0.6 is 12.2 Å². The average Bonchev–Trinajstić information content (AvgIpc) is 2.82. The molecule has 1 saturated heterocycles. The minimum Gasteiger partial charge on any atom is -0.435 e. The summed E-state index contributed by atoms with van der Waals surface area (Å²) in [6, 6.07) is 13.7. The van der Waals surface area contributed by atoms with Gasteiger partial charge < -0.3 is 10.1 Å². The van der Waals surface area contributed by atoms with Gasteiger partial charge in [0.15, 0.2) is 5.11 Å². The lowest BCUT2D eigenvalue weighted by molar-refractivity contribution is -0.117. The maximum absolute atomic E-state index is 12.7. The van der Waals surface area contributed by atoms with Crippen LogP contribution in [0.1, 0.15) is 18.1 Å². The van der Waals surface area contributed by atoms with Crippen LogP contribution in [-0.4, -0.2) is 23.7 Å². The van der Waals surface area contributed by atoms with Crippen LogP contribution < -0.4 is 15.0 Å². The molecule has 1 fully saturated rings. The maximum atomic E-state index is 12.7. The fraction of sp³-hybridized carbons (Fsp3) is 0.222. The second-order valence-electron chi connectivity index (χ2n) is 5.68. The highest BCUT2D eigenvalue weighted by molar-refractivity contribution is 7.80. The van der Waals surface area contributed by atoms with Gasteiger partial charge in [0.2, 0.25) is 0 Å². The molecule has 0 spiro atoms. The van der Waals surface area contributed by atoms with Gasteiger partial charge in [-0.3, -0.25) is 9.69 Å². The number of carbonyl (C=O) groups is 1. The molecule has 7 heteroatoms. The number of halogens is 2. The molecule has 1 aliphatic heterocycles. The van der Waals surface area contributed by atoms with Crippen molar-refractivity contribution in [3.8, 4) is 5.75 Å². The van der Waals surface area contributed by atoms with Crippen LogP contribution in [0.4, 0.5) is 14.5 Å². The van der Waals surface area contributed by atoms with Crippen LogP contribution in [0, 0.1) is 0 Å². The number of hydrogen-bond donors (Lipinski definition) is 1. The van der Waals surface area contributed by atoms with Crippen molar-refractivity contribution in [3.63, 3.8) is 0 Å². The Bertz CT molecular complexity index is 799. The molecule has 1 heterocycles. The molecule has 2 aromatic rings. The molecule has 3 rings (SSSR count). The summed E-state index contributed by atoms with van der Waals surface area (Å²) >= 11 is 5.20. The number of carbonyl (C=O) groups excluding carboxylic acids is 1. The SMILES string of the molecule is C[C@@H]1NC(=S)N(c2ccc(OC(F)F)c(Cc3ccccc3)c2)C1=O. The van der Waals surface area contributed by atoms with Crippen molar-refractivity contribution in [2.24, 2.45) is 0 Å². The number of hydrogen-bond acceptors (Lipinski definition) is 3. The van der Waals surface area contributed by atoms with Gasteiger partial charge in [0.1, 0.15) is 11.8 Å². The van der Waals surface area contributed by atoms with Gasteiger partial charge in [0, 0.05) is 12.0 Å². The fourth-order valence-electron chi connectivity index (χ4n) is 2.72. The zero-order valence-electron chi connectivity index (χ0n) is 13.4. The maximum Gasteiger partial charge on any atom is 0.387 e. The van der Waals surface area contributed by atoms with E-state index < -0.39 is 12.7 Å². The zero-order valence-corrected chi connectivity index (χ0v) is 14.2. The van der Waals surface area contributed by atoms with E-state index in [2.05, 4.69) is 10.1 Å². The third-order valence-corrected chi connectivity index (χ3v) is 4.19. The summed E-state index contributed by atoms with van der Waals surface area (Å²) in [5.41, 5.74) is 2.03. The summed E-state index contributed by atoms with van der Waals surface area (Å²) < 4.78 is 30.0. The van der Waals surface area contributed by atoms with Crippen LogP contribution in [0.25, 0.3) is 0 Å². The van der Waals surface area contributed by atoms with E-state index in [0.29, 0.717) is 22.8 Å². The van der Waals surface area contributed by atoms with Gasteiger partial charge >= 0.3 is 6.61 Å². The number of nitrogens with one attached hydrogen (secondary N) is 1. The van der Waals surface area contributed by atoms with Crippen molar-refractivity contribution < 1.29 is 18.3 Å². The molecular weight excluding hydrogens is 346 g/mol. The van der Waals surface area contributed by atoms with Gasteiger partial charge in [0.05, 0.1) is 5.69 Å². The van der Waals surface area contributed by atoms with E-state index in [0.717, 1.165) is 5.56 Å². The monoisotopic (exact) mass is 362 g/mol. The van der Waals surface area contributed by atoms with E-state index in [1.807, 2.05) is 30.3 Å². The van der Waals surface area contributed by atoms with Crippen molar-refractivity contribution in [3.05, 3.63) is 59.7 Å². The topological polar surface area (TPSA) is 41.6 Å². The van der Waals surface area contributed by atoms with E-state index in [1.54, 1.807) is 19.1 Å². The number of thiocarbonyl (C=S) groups is 1. The Morgan fingerprint density at radius 3 is 2.56 bits per heavy atom. The number of rotatable bonds is 5. The molecular formula is C18H16F2N2O2S. The number of amides is 1. The summed E-state index contributed by atoms with van der Waals surface area (Å²) in [7, 11) is 0. The largest absolute Gasteiger partial charge is 0.435 e. The smallest absolute Gasteiger partial charge is 0.387 e. The lowest BCUT2D eigenvalue weighted by Gasteiger charge is -2.18. The van der Waals surface area contributed by atoms with Crippen LogP contribution in [0.3, 0.4) is 0 Å². The van der Waals surface area contributed by atoms with Crippen LogP contribution in [0.2, 0.25) is 0 Å². The first kappa shape index (κ1) is 17.3. The molecule has 0 bridgehead atoms. The number of ether oxygens (including phenoxy) is 1. The Hall–Kier alpha value is -2.54. The fourth-order valence-corrected chi connectivity index (χ4v) is 3.09. The van der Waals surface area contributed by atoms with Gasteiger partial charge in [-0.25, -0.2) is 0 Å². The normalized spacial score (nSPS) is 17.1. The Morgan fingerprint density at radius 1 is 1.24 bits per heavy atom. The van der Waals surface area contributed by atoms with Gasteiger partial charge in [0.25, 0.3) is 5.91 Å². The molecule has 0 aromatic heterocycles. The van der Waals surface area contributed by atoms with E-state index in [9.17, 15) is 13.6 Å². The van der Waals surface area contributed by atoms with E-state index in [4.69, 9.17) is 12.2 Å². The predicted octanol–water partition coefficient (Wildman–Crippen LogP) is 3.49. The Balaban J connectivity index is 1.98. The van der Waals surface area contributed by atoms with Crippen LogP contribution in [0.15, 0.2) is 48.5 Å². The van der Waals surface area contributed by atoms with Gasteiger partial charge in [-0.1, -0.05) is 30.3 Å². The van der Waals surface area contributed by atoms with E-state index >= 15 is 0 Å². The molecule has 1 aliphatic rings. The predicted molar refractivity (Wildman–Crippen MR) is 95.0 cm³/mol. The highest BCUT2D eigenvalue weighted by Crippen LogP contribution is 2.30. The molecule has 25 heavy (non-hydrogen) atoms. The molecule has 2 aromatic carbocycles. The van der Waals surface area contributed by atoms with E-state index in [-0.39, 0.29) is 11.7 Å². The van der Waals surface area contributed by atoms with Gasteiger partial charge in [-0.05, 0) is 42.9 Å². The van der Waals surface area contributed by atoms with Gasteiger partial charge in [-0.2, -0.15) is 8.78 Å². The van der Waals surface area contributed by atoms with Crippen molar-refractivity contribution in [1.29, 1.82) is 0 Å². The Morgan fingerprint density at radius 2 is 1.96 bits per heavy atom. The standard InChI is InChI=1S/C18H16F2N2O2S/c1-11-16(23)22(18(25)21-11)14-7-8-15(24-17(19)20)13(10-14)9-12-5-3-2-4-6-12/h2-8,10-11,17H,9H2,1H3,(H,21,25)/t11-/m0/s1. The number of alkyl halides is 2. The zero-order chi connectivity index (χ0) is 18.0. The number of anilines is 1. The summed E-state index contributed by atoms with van der Waals surface area (Å²) in [5, 5.41) is 3.18. The summed E-state index contributed by atoms with van der Waals surface area (Å²) in [5.74, 6) is -0.0978. The molecule has 0 aliphatic carbocycles. The first-order valence-corrected chi connectivity index (χ1v) is 8.12. The minimum atomic E-state index is -2.92. The van der Waals surface area contributed by atoms with Gasteiger partial charge in [-0.15, -0.1) is 0 Å². The lowest BCUT2D eigenvalue weighted by Crippen LogP contribution is -2.30. The quantitative estimate of drug-likeness (QED) is 0.827. The summed E-state index contributed by atoms with van der Waals surface area (Å²) in [4.78, 5) is 13.6. The molecule has 1 atom stereocenters. The average molecular weight is 362 g/mol. The number of nitrogens with zero attached hydrogens (tertiary/aromatic N) is 1. The van der Waals surface area contributed by atoms with Crippen LogP contribution in [0.5, 0.6) is 5.75 Å². The first-order chi connectivity index (χ1) is 12.0. The highest BCUT2D eigenvalue weighted by atomic mass is 32.1. The molecule has 0 saturated carbocycles. The molecule has 1 N–H and O–H groups in total. The van der Waals surface area contributed by atoms with Crippen LogP contribution in [-0.2, 0) is 11.2 Å². The second kappa shape index (κ2) is 7.14. The third kappa shape index (κ3) is 3.76. The van der Waals surface area contributed by atoms with Crippen molar-refractivity contribution in [2.45, 2.75) is 26.0 Å². The summed E-state index contributed by atoms with van der Waals surface area (Å²) in [6.07, 6.45) is 0.397. The summed E-state index contributed by atoms with van der Waals surface area (Å²) in [6.45, 7) is -1.20. The third-order valence-electron chi connectivity index (χ3n) is 3.89. The molecule has 130 valence electrons. The molecule has 1 amide bonds. The molecule has 0 unspecified atom stereocenters. The second-order valence-corrected chi connectivity index (χ2v) is 6.06. The van der Waals surface area contributed by atoms with E-state index in [1.165, 1.54) is 11.0 Å². The Labute approximate surface area is 149 Å². The highest BCUT2D eigenvalue weighted by Gasteiger charge is 2.33.